The number of hydrogen-bond donors (Lipinski definition) is 0. The molecule has 3 aromatic rings. The fourth-order valence-corrected chi connectivity index (χ4v) is 5.45. The molecule has 2 fully saturated rings. The van der Waals surface area contributed by atoms with Crippen molar-refractivity contribution in [2.45, 2.75) is 50.9 Å². The molecule has 0 spiro atoms. The van der Waals surface area contributed by atoms with Gasteiger partial charge in [-0.2, -0.15) is 0 Å². The third-order valence-electron chi connectivity index (χ3n) is 6.80. The molecule has 1 heteroatoms. The molecule has 2 aromatic carbocycles. The summed E-state index contributed by atoms with van der Waals surface area (Å²) in [5.41, 5.74) is 5.05. The van der Waals surface area contributed by atoms with E-state index >= 15 is 0 Å². The smallest absolute Gasteiger partial charge is 0.0712 e. The summed E-state index contributed by atoms with van der Waals surface area (Å²) in [6.45, 7) is 0. The summed E-state index contributed by atoms with van der Waals surface area (Å²) in [5, 5.41) is 1.37. The lowest BCUT2D eigenvalue weighted by atomic mass is 9.66. The fourth-order valence-electron chi connectivity index (χ4n) is 5.45. The highest BCUT2D eigenvalue weighted by atomic mass is 14.7. The van der Waals surface area contributed by atoms with Crippen LogP contribution in [0.2, 0.25) is 0 Å². The third-order valence-corrected chi connectivity index (χ3v) is 6.80. The second kappa shape index (κ2) is 6.87. The predicted molar refractivity (Wildman–Crippen MR) is 109 cm³/mol. The number of benzene rings is 2. The number of fused-ring (bicyclic) bond motifs is 2. The molecule has 1 nitrogen and oxygen atoms in total. The minimum Gasteiger partial charge on any atom is -0.248 e. The molecule has 2 aliphatic rings. The van der Waals surface area contributed by atoms with E-state index in [2.05, 4.69) is 60.7 Å². The number of hydrogen-bond acceptors (Lipinski definition) is 1. The molecule has 0 N–H and O–H groups in total. The summed E-state index contributed by atoms with van der Waals surface area (Å²) in [5.74, 6) is 2.65. The fraction of sp³-hybridized carbons (Fsp3) is 0.400. The first-order chi connectivity index (χ1) is 12.9. The molecule has 0 radical (unpaired) electrons. The number of para-hydroxylation sites is 1. The van der Waals surface area contributed by atoms with Gasteiger partial charge in [0.25, 0.3) is 0 Å². The monoisotopic (exact) mass is 341 g/mol. The van der Waals surface area contributed by atoms with Crippen LogP contribution in [0.25, 0.3) is 22.2 Å². The Bertz CT molecular complexity index is 898. The summed E-state index contributed by atoms with van der Waals surface area (Å²) < 4.78 is 0. The molecule has 3 atom stereocenters. The first-order valence-corrected chi connectivity index (χ1v) is 10.3. The molecule has 3 unspecified atom stereocenters. The third kappa shape index (κ3) is 2.94. The van der Waals surface area contributed by atoms with Gasteiger partial charge in [-0.05, 0) is 54.7 Å². The van der Waals surface area contributed by atoms with Crippen molar-refractivity contribution in [3.8, 4) is 11.3 Å². The number of pyridine rings is 1. The highest BCUT2D eigenvalue weighted by molar-refractivity contribution is 5.85. The topological polar surface area (TPSA) is 12.9 Å². The average Bonchev–Trinajstić information content (AvgIpc) is 2.73. The molecule has 1 heterocycles. The predicted octanol–water partition coefficient (Wildman–Crippen LogP) is 6.98. The van der Waals surface area contributed by atoms with E-state index in [1.807, 2.05) is 0 Å². The molecule has 5 rings (SSSR count). The van der Waals surface area contributed by atoms with E-state index in [1.54, 1.807) is 5.56 Å². The van der Waals surface area contributed by atoms with Crippen LogP contribution in [0.5, 0.6) is 0 Å². The number of rotatable bonds is 2. The minimum absolute atomic E-state index is 0.699. The van der Waals surface area contributed by atoms with Crippen LogP contribution in [-0.2, 0) is 0 Å². The van der Waals surface area contributed by atoms with Gasteiger partial charge >= 0.3 is 0 Å². The van der Waals surface area contributed by atoms with Gasteiger partial charge in [-0.1, -0.05) is 74.2 Å². The Kier molecular flexibility index (Phi) is 4.24. The molecule has 0 amide bonds. The van der Waals surface area contributed by atoms with E-state index in [4.69, 9.17) is 4.98 Å². The number of aromatic nitrogens is 1. The Hall–Kier alpha value is -2.15. The molecule has 132 valence electrons. The number of nitrogens with zero attached hydrogens (tertiary/aromatic N) is 1. The van der Waals surface area contributed by atoms with Crippen molar-refractivity contribution in [1.29, 1.82) is 0 Å². The van der Waals surface area contributed by atoms with Gasteiger partial charge in [-0.15, -0.1) is 0 Å². The molecule has 2 saturated carbocycles. The average molecular weight is 341 g/mol. The minimum atomic E-state index is 0.699. The van der Waals surface area contributed by atoms with E-state index in [0.717, 1.165) is 23.0 Å². The highest BCUT2D eigenvalue weighted by Gasteiger charge is 2.33. The van der Waals surface area contributed by atoms with E-state index < -0.39 is 0 Å². The lowest BCUT2D eigenvalue weighted by Crippen LogP contribution is -2.27. The Morgan fingerprint density at radius 2 is 1.50 bits per heavy atom. The van der Waals surface area contributed by atoms with Crippen LogP contribution in [0.3, 0.4) is 0 Å². The Morgan fingerprint density at radius 3 is 2.38 bits per heavy atom. The van der Waals surface area contributed by atoms with E-state index in [0.29, 0.717) is 5.92 Å². The van der Waals surface area contributed by atoms with Crippen molar-refractivity contribution in [2.75, 3.05) is 0 Å². The summed E-state index contributed by atoms with van der Waals surface area (Å²) in [7, 11) is 0. The van der Waals surface area contributed by atoms with Crippen molar-refractivity contribution < 1.29 is 0 Å². The molecule has 2 aliphatic carbocycles. The van der Waals surface area contributed by atoms with Crippen LogP contribution in [0, 0.1) is 11.8 Å². The van der Waals surface area contributed by atoms with Crippen LogP contribution in [0.4, 0.5) is 0 Å². The van der Waals surface area contributed by atoms with E-state index in [-0.39, 0.29) is 0 Å². The van der Waals surface area contributed by atoms with Gasteiger partial charge in [0.05, 0.1) is 11.2 Å². The van der Waals surface area contributed by atoms with Crippen molar-refractivity contribution in [1.82, 2.24) is 4.98 Å². The van der Waals surface area contributed by atoms with Crippen LogP contribution in [0.1, 0.15) is 56.4 Å². The largest absolute Gasteiger partial charge is 0.248 e. The van der Waals surface area contributed by atoms with E-state index in [1.165, 1.54) is 55.9 Å². The molecular weight excluding hydrogens is 314 g/mol. The SMILES string of the molecule is c1ccc(-c2cc(C3CCC4CCCCC4C3)c3ccccc3n2)cc1. The lowest BCUT2D eigenvalue weighted by molar-refractivity contribution is 0.156. The first kappa shape index (κ1) is 16.1. The zero-order valence-corrected chi connectivity index (χ0v) is 15.4. The Morgan fingerprint density at radius 1 is 0.731 bits per heavy atom. The molecule has 1 aromatic heterocycles. The van der Waals surface area contributed by atoms with Crippen molar-refractivity contribution in [3.05, 3.63) is 66.2 Å². The van der Waals surface area contributed by atoms with Crippen LogP contribution < -0.4 is 0 Å². The molecule has 0 saturated heterocycles. The maximum absolute atomic E-state index is 4.98. The van der Waals surface area contributed by atoms with Gasteiger partial charge < -0.3 is 0 Å². The summed E-state index contributed by atoms with van der Waals surface area (Å²) in [6, 6.07) is 21.8. The molecule has 26 heavy (non-hydrogen) atoms. The van der Waals surface area contributed by atoms with Gasteiger partial charge in [-0.3, -0.25) is 0 Å². The maximum atomic E-state index is 4.98. The Balaban J connectivity index is 1.58. The van der Waals surface area contributed by atoms with Crippen molar-refractivity contribution in [3.63, 3.8) is 0 Å². The van der Waals surface area contributed by atoms with Gasteiger partial charge in [-0.25, -0.2) is 4.98 Å². The summed E-state index contributed by atoms with van der Waals surface area (Å²) >= 11 is 0. The standard InChI is InChI=1S/C25H27N/c1-2-9-19(10-3-1)25-17-23(22-12-6-7-13-24(22)26-25)21-15-14-18-8-4-5-11-20(18)16-21/h1-3,6-7,9-10,12-13,17-18,20-21H,4-5,8,11,14-16H2. The molecular formula is C25H27N. The first-order valence-electron chi connectivity index (χ1n) is 10.3. The summed E-state index contributed by atoms with van der Waals surface area (Å²) in [6.07, 6.45) is 9.99. The summed E-state index contributed by atoms with van der Waals surface area (Å²) in [4.78, 5) is 4.98. The van der Waals surface area contributed by atoms with Gasteiger partial charge in [0.15, 0.2) is 0 Å². The molecule has 0 aliphatic heterocycles. The normalized spacial score (nSPS) is 25.8. The van der Waals surface area contributed by atoms with Crippen LogP contribution in [-0.4, -0.2) is 4.98 Å². The second-order valence-corrected chi connectivity index (χ2v) is 8.29. The van der Waals surface area contributed by atoms with Gasteiger partial charge in [0.2, 0.25) is 0 Å². The second-order valence-electron chi connectivity index (χ2n) is 8.29. The highest BCUT2D eigenvalue weighted by Crippen LogP contribution is 2.47. The maximum Gasteiger partial charge on any atom is 0.0712 e. The molecule has 0 bridgehead atoms. The van der Waals surface area contributed by atoms with Crippen molar-refractivity contribution in [2.24, 2.45) is 11.8 Å². The lowest BCUT2D eigenvalue weighted by Gasteiger charge is -2.39. The van der Waals surface area contributed by atoms with E-state index in [9.17, 15) is 0 Å². The van der Waals surface area contributed by atoms with Crippen LogP contribution >= 0.6 is 0 Å². The van der Waals surface area contributed by atoms with Gasteiger partial charge in [0, 0.05) is 10.9 Å². The quantitative estimate of drug-likeness (QED) is 0.490. The Labute approximate surface area is 156 Å². The zero-order valence-electron chi connectivity index (χ0n) is 15.4. The zero-order chi connectivity index (χ0) is 17.3. The van der Waals surface area contributed by atoms with Gasteiger partial charge in [0.1, 0.15) is 0 Å². The van der Waals surface area contributed by atoms with Crippen molar-refractivity contribution >= 4 is 10.9 Å². The van der Waals surface area contributed by atoms with Crippen LogP contribution in [0.15, 0.2) is 60.7 Å².